The summed E-state index contributed by atoms with van der Waals surface area (Å²) in [5.74, 6) is 0. The third-order valence-corrected chi connectivity index (χ3v) is 3.53. The van der Waals surface area contributed by atoms with Gasteiger partial charge < -0.3 is 15.1 Å². The zero-order chi connectivity index (χ0) is 14.7. The number of fused-ring (bicyclic) bond motifs is 1. The molecule has 1 aromatic heterocycles. The molecule has 0 spiro atoms. The maximum Gasteiger partial charge on any atom is 0.298 e. The van der Waals surface area contributed by atoms with Gasteiger partial charge in [0.05, 0.1) is 0 Å². The van der Waals surface area contributed by atoms with Gasteiger partial charge in [0, 0.05) is 19.3 Å². The highest BCUT2D eigenvalue weighted by Gasteiger charge is 2.10. The van der Waals surface area contributed by atoms with Gasteiger partial charge in [0.25, 0.3) is 6.01 Å². The molecule has 4 nitrogen and oxygen atoms in total. The van der Waals surface area contributed by atoms with Crippen molar-refractivity contribution in [2.75, 3.05) is 24.2 Å². The molecule has 0 radical (unpaired) electrons. The van der Waals surface area contributed by atoms with Gasteiger partial charge in [-0.25, -0.2) is 0 Å². The van der Waals surface area contributed by atoms with Crippen molar-refractivity contribution in [3.8, 4) is 0 Å². The molecule has 108 valence electrons. The number of oxazole rings is 1. The SMILES string of the molecule is CN(CCCc1ccccc1)c1nc2cc(N)ccc2o1. The van der Waals surface area contributed by atoms with Crippen LogP contribution in [0.25, 0.3) is 11.1 Å². The van der Waals surface area contributed by atoms with Crippen LogP contribution >= 0.6 is 0 Å². The molecule has 0 atom stereocenters. The summed E-state index contributed by atoms with van der Waals surface area (Å²) in [5.41, 5.74) is 9.40. The number of nitrogens with zero attached hydrogens (tertiary/aromatic N) is 2. The molecule has 0 fully saturated rings. The number of nitrogen functional groups attached to an aromatic ring is 1. The summed E-state index contributed by atoms with van der Waals surface area (Å²) in [6.45, 7) is 0.900. The first-order valence-electron chi connectivity index (χ1n) is 7.13. The molecule has 0 aliphatic heterocycles. The minimum absolute atomic E-state index is 0.642. The Morgan fingerprint density at radius 2 is 1.95 bits per heavy atom. The average Bonchev–Trinajstić information content (AvgIpc) is 2.91. The highest BCUT2D eigenvalue weighted by Crippen LogP contribution is 2.23. The van der Waals surface area contributed by atoms with Crippen LogP contribution in [-0.4, -0.2) is 18.6 Å². The van der Waals surface area contributed by atoms with Crippen molar-refractivity contribution in [2.24, 2.45) is 0 Å². The Hall–Kier alpha value is -2.49. The van der Waals surface area contributed by atoms with Gasteiger partial charge in [0.1, 0.15) is 5.52 Å². The Morgan fingerprint density at radius 3 is 2.76 bits per heavy atom. The smallest absolute Gasteiger partial charge is 0.298 e. The van der Waals surface area contributed by atoms with Crippen LogP contribution in [0.4, 0.5) is 11.7 Å². The molecule has 2 aromatic carbocycles. The molecule has 0 amide bonds. The van der Waals surface area contributed by atoms with E-state index < -0.39 is 0 Å². The molecule has 3 rings (SSSR count). The minimum Gasteiger partial charge on any atom is -0.423 e. The fourth-order valence-electron chi connectivity index (χ4n) is 2.36. The second-order valence-electron chi connectivity index (χ2n) is 5.23. The molecule has 0 aliphatic rings. The molecular formula is C17H19N3O. The average molecular weight is 281 g/mol. The quantitative estimate of drug-likeness (QED) is 0.727. The van der Waals surface area contributed by atoms with Crippen LogP contribution in [0.5, 0.6) is 0 Å². The number of rotatable bonds is 5. The van der Waals surface area contributed by atoms with Gasteiger partial charge in [0.2, 0.25) is 0 Å². The molecule has 0 aliphatic carbocycles. The van der Waals surface area contributed by atoms with Gasteiger partial charge in [-0.3, -0.25) is 0 Å². The Bertz CT molecular complexity index is 721. The van der Waals surface area contributed by atoms with Gasteiger partial charge in [-0.2, -0.15) is 4.98 Å². The minimum atomic E-state index is 0.642. The highest BCUT2D eigenvalue weighted by molar-refractivity contribution is 5.78. The van der Waals surface area contributed by atoms with E-state index in [2.05, 4.69) is 29.2 Å². The predicted octanol–water partition coefficient (Wildman–Crippen LogP) is 3.48. The molecule has 0 saturated heterocycles. The third-order valence-electron chi connectivity index (χ3n) is 3.53. The van der Waals surface area contributed by atoms with E-state index >= 15 is 0 Å². The van der Waals surface area contributed by atoms with Gasteiger partial charge in [0.15, 0.2) is 5.58 Å². The summed E-state index contributed by atoms with van der Waals surface area (Å²) in [7, 11) is 2.00. The van der Waals surface area contributed by atoms with E-state index in [1.807, 2.05) is 36.2 Å². The number of aryl methyl sites for hydroxylation is 1. The summed E-state index contributed by atoms with van der Waals surface area (Å²) >= 11 is 0. The summed E-state index contributed by atoms with van der Waals surface area (Å²) in [6.07, 6.45) is 2.11. The summed E-state index contributed by atoms with van der Waals surface area (Å²) < 4.78 is 5.75. The van der Waals surface area contributed by atoms with Crippen molar-refractivity contribution in [3.63, 3.8) is 0 Å². The zero-order valence-corrected chi connectivity index (χ0v) is 12.1. The van der Waals surface area contributed by atoms with Crippen LogP contribution < -0.4 is 10.6 Å². The van der Waals surface area contributed by atoms with Crippen LogP contribution in [0.3, 0.4) is 0 Å². The van der Waals surface area contributed by atoms with Gasteiger partial charge >= 0.3 is 0 Å². The Labute approximate surface area is 124 Å². The van der Waals surface area contributed by atoms with Crippen LogP contribution in [0.1, 0.15) is 12.0 Å². The lowest BCUT2D eigenvalue weighted by Gasteiger charge is -2.13. The van der Waals surface area contributed by atoms with Crippen molar-refractivity contribution < 1.29 is 4.42 Å². The molecule has 0 bridgehead atoms. The predicted molar refractivity (Wildman–Crippen MR) is 86.5 cm³/mol. The van der Waals surface area contributed by atoms with Crippen LogP contribution in [-0.2, 0) is 6.42 Å². The molecule has 3 aromatic rings. The van der Waals surface area contributed by atoms with E-state index in [9.17, 15) is 0 Å². The molecule has 4 heteroatoms. The summed E-state index contributed by atoms with van der Waals surface area (Å²) in [6, 6.07) is 16.7. The van der Waals surface area contributed by atoms with E-state index in [0.29, 0.717) is 11.7 Å². The molecule has 0 unspecified atom stereocenters. The number of nitrogens with two attached hydrogens (primary N) is 1. The van der Waals surface area contributed by atoms with Crippen molar-refractivity contribution >= 4 is 22.8 Å². The summed E-state index contributed by atoms with van der Waals surface area (Å²) in [4.78, 5) is 6.52. The van der Waals surface area contributed by atoms with Gasteiger partial charge in [-0.1, -0.05) is 30.3 Å². The van der Waals surface area contributed by atoms with Crippen molar-refractivity contribution in [1.29, 1.82) is 0 Å². The van der Waals surface area contributed by atoms with Crippen molar-refractivity contribution in [1.82, 2.24) is 4.98 Å². The van der Waals surface area contributed by atoms with Crippen LogP contribution in [0.2, 0.25) is 0 Å². The summed E-state index contributed by atoms with van der Waals surface area (Å²) in [5, 5.41) is 0. The van der Waals surface area contributed by atoms with E-state index in [0.717, 1.165) is 30.5 Å². The lowest BCUT2D eigenvalue weighted by atomic mass is 10.1. The molecular weight excluding hydrogens is 262 g/mol. The molecule has 1 heterocycles. The fraction of sp³-hybridized carbons (Fsp3) is 0.235. The molecule has 0 saturated carbocycles. The lowest BCUT2D eigenvalue weighted by molar-refractivity contribution is 0.578. The number of anilines is 2. The number of hydrogen-bond donors (Lipinski definition) is 1. The maximum absolute atomic E-state index is 5.76. The molecule has 21 heavy (non-hydrogen) atoms. The van der Waals surface area contributed by atoms with E-state index in [1.165, 1.54) is 5.56 Å². The lowest BCUT2D eigenvalue weighted by Crippen LogP contribution is -2.19. The topological polar surface area (TPSA) is 55.3 Å². The van der Waals surface area contributed by atoms with Crippen LogP contribution in [0.15, 0.2) is 52.9 Å². The molecule has 2 N–H and O–H groups in total. The first-order valence-corrected chi connectivity index (χ1v) is 7.13. The van der Waals surface area contributed by atoms with Gasteiger partial charge in [-0.15, -0.1) is 0 Å². The Morgan fingerprint density at radius 1 is 1.14 bits per heavy atom. The maximum atomic E-state index is 5.76. The zero-order valence-electron chi connectivity index (χ0n) is 12.1. The standard InChI is InChI=1S/C17H19N3O/c1-20(11-5-8-13-6-3-2-4-7-13)17-19-15-12-14(18)9-10-16(15)21-17/h2-4,6-7,9-10,12H,5,8,11,18H2,1H3. The number of benzene rings is 2. The number of aromatic nitrogens is 1. The van der Waals surface area contributed by atoms with Crippen molar-refractivity contribution in [2.45, 2.75) is 12.8 Å². The van der Waals surface area contributed by atoms with Crippen LogP contribution in [0, 0.1) is 0 Å². The highest BCUT2D eigenvalue weighted by atomic mass is 16.4. The third kappa shape index (κ3) is 3.16. The fourth-order valence-corrected chi connectivity index (χ4v) is 2.36. The second-order valence-corrected chi connectivity index (χ2v) is 5.23. The Balaban J connectivity index is 1.62. The normalized spacial score (nSPS) is 10.9. The van der Waals surface area contributed by atoms with E-state index in [1.54, 1.807) is 0 Å². The number of hydrogen-bond acceptors (Lipinski definition) is 4. The van der Waals surface area contributed by atoms with E-state index in [-0.39, 0.29) is 0 Å². The van der Waals surface area contributed by atoms with Crippen molar-refractivity contribution in [3.05, 3.63) is 54.1 Å². The first kappa shape index (κ1) is 13.5. The van der Waals surface area contributed by atoms with E-state index in [4.69, 9.17) is 10.2 Å². The largest absolute Gasteiger partial charge is 0.423 e. The Kier molecular flexibility index (Phi) is 3.77. The monoisotopic (exact) mass is 281 g/mol. The van der Waals surface area contributed by atoms with Gasteiger partial charge in [-0.05, 0) is 36.6 Å². The first-order chi connectivity index (χ1) is 10.2. The second kappa shape index (κ2) is 5.87.